The normalized spacial score (nSPS) is 14.0. The first-order valence-corrected chi connectivity index (χ1v) is 8.75. The van der Waals surface area contributed by atoms with Gasteiger partial charge in [0.2, 0.25) is 5.78 Å². The SMILES string of the molecule is Cn1c(=O)c2sccc2n2c(CN3CCc4ccccc43)nnc12. The van der Waals surface area contributed by atoms with E-state index in [9.17, 15) is 4.79 Å². The van der Waals surface area contributed by atoms with Crippen LogP contribution in [0.5, 0.6) is 0 Å². The Hall–Kier alpha value is -2.67. The number of benzene rings is 1. The van der Waals surface area contributed by atoms with Gasteiger partial charge in [0.1, 0.15) is 4.70 Å². The van der Waals surface area contributed by atoms with Crippen LogP contribution in [0.1, 0.15) is 11.4 Å². The van der Waals surface area contributed by atoms with E-state index in [0.29, 0.717) is 12.3 Å². The Kier molecular flexibility index (Phi) is 2.81. The zero-order chi connectivity index (χ0) is 16.3. The third-order valence-corrected chi connectivity index (χ3v) is 5.60. The number of rotatable bonds is 2. The van der Waals surface area contributed by atoms with Crippen LogP contribution in [0.15, 0.2) is 40.5 Å². The van der Waals surface area contributed by atoms with Gasteiger partial charge < -0.3 is 4.90 Å². The van der Waals surface area contributed by atoms with Crippen molar-refractivity contribution in [3.63, 3.8) is 0 Å². The van der Waals surface area contributed by atoms with Crippen molar-refractivity contribution in [1.29, 1.82) is 0 Å². The molecular weight excluding hydrogens is 322 g/mol. The van der Waals surface area contributed by atoms with Crippen molar-refractivity contribution in [3.05, 3.63) is 57.5 Å². The van der Waals surface area contributed by atoms with Gasteiger partial charge in [-0.25, -0.2) is 0 Å². The Balaban J connectivity index is 1.68. The van der Waals surface area contributed by atoms with E-state index in [4.69, 9.17) is 0 Å². The first-order chi connectivity index (χ1) is 11.7. The molecule has 0 spiro atoms. The average molecular weight is 337 g/mol. The van der Waals surface area contributed by atoms with Gasteiger partial charge in [-0.2, -0.15) is 0 Å². The van der Waals surface area contributed by atoms with Crippen molar-refractivity contribution < 1.29 is 0 Å². The molecule has 6 nitrogen and oxygen atoms in total. The standard InChI is InChI=1S/C17H15N5OS/c1-20-16(23)15-13(7-9-24-15)22-14(18-19-17(20)22)10-21-8-6-11-4-2-3-5-12(11)21/h2-5,7,9H,6,8,10H2,1H3. The maximum atomic E-state index is 12.4. The predicted molar refractivity (Wildman–Crippen MR) is 94.8 cm³/mol. The lowest BCUT2D eigenvalue weighted by Gasteiger charge is -2.18. The number of aryl methyl sites for hydroxylation is 1. The van der Waals surface area contributed by atoms with Crippen LogP contribution >= 0.6 is 11.3 Å². The summed E-state index contributed by atoms with van der Waals surface area (Å²) in [6, 6.07) is 10.5. The summed E-state index contributed by atoms with van der Waals surface area (Å²) in [5.74, 6) is 1.45. The van der Waals surface area contributed by atoms with Crippen LogP contribution in [0, 0.1) is 0 Å². The van der Waals surface area contributed by atoms with Gasteiger partial charge in [0.25, 0.3) is 5.56 Å². The number of anilines is 1. The Morgan fingerprint density at radius 2 is 2.08 bits per heavy atom. The highest BCUT2D eigenvalue weighted by Gasteiger charge is 2.22. The minimum Gasteiger partial charge on any atom is -0.363 e. The van der Waals surface area contributed by atoms with Gasteiger partial charge in [-0.05, 0) is 29.5 Å². The van der Waals surface area contributed by atoms with E-state index < -0.39 is 0 Å². The number of aromatic nitrogens is 4. The minimum absolute atomic E-state index is 0.0158. The molecule has 120 valence electrons. The fourth-order valence-electron chi connectivity index (χ4n) is 3.50. The maximum absolute atomic E-state index is 12.4. The molecule has 0 saturated carbocycles. The second kappa shape index (κ2) is 4.91. The van der Waals surface area contributed by atoms with Gasteiger partial charge >= 0.3 is 0 Å². The van der Waals surface area contributed by atoms with Crippen molar-refractivity contribution in [2.75, 3.05) is 11.4 Å². The van der Waals surface area contributed by atoms with E-state index in [0.717, 1.165) is 29.0 Å². The molecule has 4 aromatic rings. The van der Waals surface area contributed by atoms with Crippen LogP contribution in [-0.2, 0) is 20.0 Å². The average Bonchev–Trinajstić information content (AvgIpc) is 3.31. The Morgan fingerprint density at radius 1 is 1.21 bits per heavy atom. The zero-order valence-electron chi connectivity index (χ0n) is 13.1. The smallest absolute Gasteiger partial charge is 0.272 e. The molecule has 3 aromatic heterocycles. The molecular formula is C17H15N5OS. The number of nitrogens with zero attached hydrogens (tertiary/aromatic N) is 5. The fourth-order valence-corrected chi connectivity index (χ4v) is 4.35. The number of thiophene rings is 1. The molecule has 0 N–H and O–H groups in total. The molecule has 5 rings (SSSR count). The van der Waals surface area contributed by atoms with Crippen molar-refractivity contribution in [2.24, 2.45) is 7.05 Å². The highest BCUT2D eigenvalue weighted by atomic mass is 32.1. The molecule has 0 radical (unpaired) electrons. The van der Waals surface area contributed by atoms with Gasteiger partial charge in [-0.1, -0.05) is 18.2 Å². The highest BCUT2D eigenvalue weighted by molar-refractivity contribution is 7.17. The van der Waals surface area contributed by atoms with Crippen LogP contribution in [-0.4, -0.2) is 25.7 Å². The van der Waals surface area contributed by atoms with Crippen LogP contribution < -0.4 is 10.5 Å². The summed E-state index contributed by atoms with van der Waals surface area (Å²) in [6.07, 6.45) is 1.05. The predicted octanol–water partition coefficient (Wildman–Crippen LogP) is 2.21. The number of fused-ring (bicyclic) bond motifs is 4. The van der Waals surface area contributed by atoms with Gasteiger partial charge in [-0.15, -0.1) is 21.5 Å². The quantitative estimate of drug-likeness (QED) is 0.563. The van der Waals surface area contributed by atoms with Gasteiger partial charge in [0.15, 0.2) is 5.82 Å². The van der Waals surface area contributed by atoms with E-state index >= 15 is 0 Å². The van der Waals surface area contributed by atoms with Crippen molar-refractivity contribution >= 4 is 33.0 Å². The third-order valence-electron chi connectivity index (χ3n) is 4.71. The molecule has 0 aliphatic carbocycles. The molecule has 0 unspecified atom stereocenters. The molecule has 7 heteroatoms. The van der Waals surface area contributed by atoms with E-state index in [-0.39, 0.29) is 5.56 Å². The molecule has 0 amide bonds. The molecule has 0 bridgehead atoms. The molecule has 1 aliphatic heterocycles. The Labute approximate surface area is 141 Å². The summed E-state index contributed by atoms with van der Waals surface area (Å²) in [6.45, 7) is 1.66. The van der Waals surface area contributed by atoms with Gasteiger partial charge in [0.05, 0.1) is 12.1 Å². The van der Waals surface area contributed by atoms with Crippen molar-refractivity contribution in [2.45, 2.75) is 13.0 Å². The van der Waals surface area contributed by atoms with E-state index in [1.807, 2.05) is 15.8 Å². The summed E-state index contributed by atoms with van der Waals surface area (Å²) in [4.78, 5) is 14.7. The maximum Gasteiger partial charge on any atom is 0.272 e. The minimum atomic E-state index is -0.0158. The lowest BCUT2D eigenvalue weighted by molar-refractivity contribution is 0.777. The second-order valence-corrected chi connectivity index (χ2v) is 6.97. The van der Waals surface area contributed by atoms with Crippen molar-refractivity contribution in [1.82, 2.24) is 19.2 Å². The summed E-state index contributed by atoms with van der Waals surface area (Å²) in [7, 11) is 1.75. The molecule has 24 heavy (non-hydrogen) atoms. The molecule has 0 atom stereocenters. The van der Waals surface area contributed by atoms with Gasteiger partial charge in [0, 0.05) is 19.3 Å². The zero-order valence-corrected chi connectivity index (χ0v) is 14.0. The summed E-state index contributed by atoms with van der Waals surface area (Å²) >= 11 is 1.46. The largest absolute Gasteiger partial charge is 0.363 e. The fraction of sp³-hybridized carbons (Fsp3) is 0.235. The highest BCUT2D eigenvalue weighted by Crippen LogP contribution is 2.29. The first-order valence-electron chi connectivity index (χ1n) is 7.87. The number of para-hydroxylation sites is 1. The number of hydrogen-bond acceptors (Lipinski definition) is 5. The lowest BCUT2D eigenvalue weighted by atomic mass is 10.2. The van der Waals surface area contributed by atoms with Crippen molar-refractivity contribution in [3.8, 4) is 0 Å². The molecule has 0 saturated heterocycles. The topological polar surface area (TPSA) is 55.4 Å². The van der Waals surface area contributed by atoms with E-state index in [1.54, 1.807) is 11.6 Å². The molecule has 1 aromatic carbocycles. The van der Waals surface area contributed by atoms with Crippen LogP contribution in [0.25, 0.3) is 16.0 Å². The second-order valence-electron chi connectivity index (χ2n) is 6.05. The molecule has 0 fully saturated rings. The van der Waals surface area contributed by atoms with Crippen LogP contribution in [0.2, 0.25) is 0 Å². The first kappa shape index (κ1) is 13.7. The molecule has 1 aliphatic rings. The molecule has 4 heterocycles. The third kappa shape index (κ3) is 1.78. The Morgan fingerprint density at radius 3 is 3.00 bits per heavy atom. The summed E-state index contributed by atoms with van der Waals surface area (Å²) in [5, 5.41) is 10.6. The van der Waals surface area contributed by atoms with E-state index in [2.05, 4.69) is 39.4 Å². The van der Waals surface area contributed by atoms with Crippen LogP contribution in [0.4, 0.5) is 5.69 Å². The number of hydrogen-bond donors (Lipinski definition) is 0. The lowest BCUT2D eigenvalue weighted by Crippen LogP contribution is -2.23. The van der Waals surface area contributed by atoms with Gasteiger partial charge in [-0.3, -0.25) is 13.8 Å². The Bertz CT molecular complexity index is 1140. The monoisotopic (exact) mass is 337 g/mol. The van der Waals surface area contributed by atoms with Crippen LogP contribution in [0.3, 0.4) is 0 Å². The van der Waals surface area contributed by atoms with E-state index in [1.165, 1.54) is 22.6 Å². The summed E-state index contributed by atoms with van der Waals surface area (Å²) < 4.78 is 4.33. The summed E-state index contributed by atoms with van der Waals surface area (Å²) in [5.41, 5.74) is 3.52.